The molecule has 0 aliphatic carbocycles. The van der Waals surface area contributed by atoms with E-state index in [2.05, 4.69) is 15.6 Å². The summed E-state index contributed by atoms with van der Waals surface area (Å²) in [6.45, 7) is 4.75. The molecule has 0 fully saturated rings. The van der Waals surface area contributed by atoms with Crippen molar-refractivity contribution in [2.75, 3.05) is 18.9 Å². The Morgan fingerprint density at radius 1 is 1.19 bits per heavy atom. The van der Waals surface area contributed by atoms with E-state index in [0.717, 1.165) is 20.8 Å². The number of nitrogens with zero attached hydrogens (tertiary/aromatic N) is 2. The summed E-state index contributed by atoms with van der Waals surface area (Å²) in [6, 6.07) is 12.9. The van der Waals surface area contributed by atoms with Crippen molar-refractivity contribution >= 4 is 39.2 Å². The van der Waals surface area contributed by atoms with Crippen LogP contribution in [0.4, 0.5) is 10.5 Å². The number of thiazole rings is 1. The molecule has 0 radical (unpaired) electrons. The lowest BCUT2D eigenvalue weighted by molar-refractivity contribution is 0.0955. The summed E-state index contributed by atoms with van der Waals surface area (Å²) < 4.78 is 1.11. The van der Waals surface area contributed by atoms with Crippen LogP contribution in [0.3, 0.4) is 0 Å². The third kappa shape index (κ3) is 4.43. The molecule has 0 aliphatic rings. The van der Waals surface area contributed by atoms with Crippen LogP contribution in [-0.4, -0.2) is 35.4 Å². The van der Waals surface area contributed by atoms with Gasteiger partial charge < -0.3 is 15.5 Å². The van der Waals surface area contributed by atoms with Gasteiger partial charge in [-0.15, -0.1) is 11.3 Å². The Labute approximate surface area is 162 Å². The van der Waals surface area contributed by atoms with Crippen LogP contribution in [0.25, 0.3) is 10.2 Å². The van der Waals surface area contributed by atoms with Crippen molar-refractivity contribution in [1.29, 1.82) is 0 Å². The van der Waals surface area contributed by atoms with Crippen LogP contribution in [0.1, 0.15) is 27.9 Å². The average Bonchev–Trinajstić information content (AvgIpc) is 3.05. The fourth-order valence-electron chi connectivity index (χ4n) is 2.68. The van der Waals surface area contributed by atoms with Crippen molar-refractivity contribution in [2.45, 2.75) is 20.4 Å². The largest absolute Gasteiger partial charge is 0.352 e. The van der Waals surface area contributed by atoms with E-state index >= 15 is 0 Å². The number of aryl methyl sites for hydroxylation is 1. The summed E-state index contributed by atoms with van der Waals surface area (Å²) in [5, 5.41) is 6.55. The quantitative estimate of drug-likeness (QED) is 0.700. The SMILES string of the molecule is CCNC(=O)c1ccc(NC(=O)N(C)Cc2nc3ccccc3s2)c(C)c1. The van der Waals surface area contributed by atoms with Gasteiger partial charge >= 0.3 is 6.03 Å². The normalized spacial score (nSPS) is 10.6. The van der Waals surface area contributed by atoms with E-state index in [1.165, 1.54) is 0 Å². The number of hydrogen-bond donors (Lipinski definition) is 2. The van der Waals surface area contributed by atoms with Crippen LogP contribution >= 0.6 is 11.3 Å². The van der Waals surface area contributed by atoms with Crippen molar-refractivity contribution in [1.82, 2.24) is 15.2 Å². The molecule has 0 saturated heterocycles. The third-order valence-corrected chi connectivity index (χ3v) is 5.15. The molecule has 0 saturated carbocycles. The van der Waals surface area contributed by atoms with E-state index in [1.54, 1.807) is 41.5 Å². The molecule has 140 valence electrons. The fraction of sp³-hybridized carbons (Fsp3) is 0.250. The summed E-state index contributed by atoms with van der Waals surface area (Å²) in [6.07, 6.45) is 0. The van der Waals surface area contributed by atoms with Crippen LogP contribution in [0.2, 0.25) is 0 Å². The molecular weight excluding hydrogens is 360 g/mol. The summed E-state index contributed by atoms with van der Waals surface area (Å²) in [5.74, 6) is -0.119. The first-order valence-electron chi connectivity index (χ1n) is 8.73. The predicted octanol–water partition coefficient (Wildman–Crippen LogP) is 4.02. The lowest BCUT2D eigenvalue weighted by Crippen LogP contribution is -2.31. The standard InChI is InChI=1S/C20H22N4O2S/c1-4-21-19(25)14-9-10-15(13(2)11-14)23-20(26)24(3)12-18-22-16-7-5-6-8-17(16)27-18/h5-11H,4,12H2,1-3H3,(H,21,25)(H,23,26). The van der Waals surface area contributed by atoms with Gasteiger partial charge in [-0.05, 0) is 49.7 Å². The number of rotatable bonds is 5. The second-order valence-electron chi connectivity index (χ2n) is 6.25. The summed E-state index contributed by atoms with van der Waals surface area (Å²) in [4.78, 5) is 30.6. The molecule has 2 N–H and O–H groups in total. The molecule has 0 aliphatic heterocycles. The van der Waals surface area contributed by atoms with Crippen molar-refractivity contribution in [3.05, 3.63) is 58.6 Å². The molecule has 27 heavy (non-hydrogen) atoms. The second-order valence-corrected chi connectivity index (χ2v) is 7.37. The molecule has 0 atom stereocenters. The zero-order valence-electron chi connectivity index (χ0n) is 15.6. The number of anilines is 1. The van der Waals surface area contributed by atoms with Gasteiger partial charge in [0.25, 0.3) is 5.91 Å². The Morgan fingerprint density at radius 2 is 1.96 bits per heavy atom. The van der Waals surface area contributed by atoms with E-state index < -0.39 is 0 Å². The number of carbonyl (C=O) groups excluding carboxylic acids is 2. The van der Waals surface area contributed by atoms with E-state index in [4.69, 9.17) is 0 Å². The summed E-state index contributed by atoms with van der Waals surface area (Å²) >= 11 is 1.59. The fourth-order valence-corrected chi connectivity index (χ4v) is 3.70. The molecule has 0 unspecified atom stereocenters. The van der Waals surface area contributed by atoms with Gasteiger partial charge in [0.1, 0.15) is 5.01 Å². The van der Waals surface area contributed by atoms with E-state index in [1.807, 2.05) is 38.1 Å². The van der Waals surface area contributed by atoms with Crippen molar-refractivity contribution in [3.8, 4) is 0 Å². The van der Waals surface area contributed by atoms with Gasteiger partial charge in [0.2, 0.25) is 0 Å². The molecule has 3 rings (SSSR count). The maximum atomic E-state index is 12.5. The molecule has 7 heteroatoms. The molecular formula is C20H22N4O2S. The minimum absolute atomic E-state index is 0.119. The summed E-state index contributed by atoms with van der Waals surface area (Å²) in [5.41, 5.74) is 3.04. The number of hydrogen-bond acceptors (Lipinski definition) is 4. The number of para-hydroxylation sites is 1. The Hall–Kier alpha value is -2.93. The lowest BCUT2D eigenvalue weighted by atomic mass is 10.1. The minimum Gasteiger partial charge on any atom is -0.352 e. The number of fused-ring (bicyclic) bond motifs is 1. The molecule has 3 aromatic rings. The Kier molecular flexibility index (Phi) is 5.71. The third-order valence-electron chi connectivity index (χ3n) is 4.12. The van der Waals surface area contributed by atoms with Crippen molar-refractivity contribution < 1.29 is 9.59 Å². The molecule has 0 bridgehead atoms. The zero-order chi connectivity index (χ0) is 19.4. The van der Waals surface area contributed by atoms with E-state index in [-0.39, 0.29) is 11.9 Å². The molecule has 0 spiro atoms. The van der Waals surface area contributed by atoms with Crippen LogP contribution in [0.5, 0.6) is 0 Å². The number of benzene rings is 2. The highest BCUT2D eigenvalue weighted by atomic mass is 32.1. The zero-order valence-corrected chi connectivity index (χ0v) is 16.4. The van der Waals surface area contributed by atoms with Crippen LogP contribution < -0.4 is 10.6 Å². The second kappa shape index (κ2) is 8.18. The van der Waals surface area contributed by atoms with Gasteiger partial charge in [-0.1, -0.05) is 12.1 Å². The van der Waals surface area contributed by atoms with Gasteiger partial charge in [-0.2, -0.15) is 0 Å². The van der Waals surface area contributed by atoms with Crippen LogP contribution in [-0.2, 0) is 6.54 Å². The highest BCUT2D eigenvalue weighted by Crippen LogP contribution is 2.23. The first-order valence-corrected chi connectivity index (χ1v) is 9.55. The smallest absolute Gasteiger partial charge is 0.321 e. The van der Waals surface area contributed by atoms with Crippen LogP contribution in [0, 0.1) is 6.92 Å². The van der Waals surface area contributed by atoms with Gasteiger partial charge in [0.05, 0.1) is 16.8 Å². The molecule has 6 nitrogen and oxygen atoms in total. The molecule has 1 heterocycles. The number of urea groups is 1. The Bertz CT molecular complexity index is 950. The predicted molar refractivity (Wildman–Crippen MR) is 109 cm³/mol. The first kappa shape index (κ1) is 18.8. The topological polar surface area (TPSA) is 74.3 Å². The van der Waals surface area contributed by atoms with Gasteiger partial charge in [0, 0.05) is 24.8 Å². The average molecular weight is 382 g/mol. The number of amides is 3. The van der Waals surface area contributed by atoms with Gasteiger partial charge in [-0.3, -0.25) is 4.79 Å². The van der Waals surface area contributed by atoms with Gasteiger partial charge in [-0.25, -0.2) is 9.78 Å². The van der Waals surface area contributed by atoms with Crippen LogP contribution in [0.15, 0.2) is 42.5 Å². The van der Waals surface area contributed by atoms with E-state index in [9.17, 15) is 9.59 Å². The minimum atomic E-state index is -0.219. The highest BCUT2D eigenvalue weighted by molar-refractivity contribution is 7.18. The summed E-state index contributed by atoms with van der Waals surface area (Å²) in [7, 11) is 1.74. The lowest BCUT2D eigenvalue weighted by Gasteiger charge is -2.18. The number of aromatic nitrogens is 1. The first-order chi connectivity index (χ1) is 13.0. The molecule has 2 aromatic carbocycles. The monoisotopic (exact) mass is 382 g/mol. The van der Waals surface area contributed by atoms with Gasteiger partial charge in [0.15, 0.2) is 0 Å². The maximum Gasteiger partial charge on any atom is 0.321 e. The van der Waals surface area contributed by atoms with Crippen molar-refractivity contribution in [3.63, 3.8) is 0 Å². The Morgan fingerprint density at radius 3 is 2.67 bits per heavy atom. The number of carbonyl (C=O) groups is 2. The Balaban J connectivity index is 1.66. The maximum absolute atomic E-state index is 12.5. The molecule has 3 amide bonds. The molecule has 1 aromatic heterocycles. The van der Waals surface area contributed by atoms with E-state index in [0.29, 0.717) is 24.3 Å². The highest BCUT2D eigenvalue weighted by Gasteiger charge is 2.14. The van der Waals surface area contributed by atoms with Crippen molar-refractivity contribution in [2.24, 2.45) is 0 Å². The number of nitrogens with one attached hydrogen (secondary N) is 2.